The Hall–Kier alpha value is -2.89. The van der Waals surface area contributed by atoms with Gasteiger partial charge in [-0.1, -0.05) is 236 Å². The molecule has 0 aromatic heterocycles. The molecular weight excluding hydrogens is 829 g/mol. The molecule has 0 saturated heterocycles. The van der Waals surface area contributed by atoms with Gasteiger partial charge in [-0.2, -0.15) is 0 Å². The zero-order valence-electron chi connectivity index (χ0n) is 44.4. The minimum atomic E-state index is -0.802. The van der Waals surface area contributed by atoms with Crippen molar-refractivity contribution in [3.05, 3.63) is 60.8 Å². The third kappa shape index (κ3) is 53.9. The first-order chi connectivity index (χ1) is 33.0. The summed E-state index contributed by atoms with van der Waals surface area (Å²) in [7, 11) is 0. The summed E-state index contributed by atoms with van der Waals surface area (Å²) in [6.07, 6.45) is 69.4. The highest BCUT2D eigenvalue weighted by molar-refractivity contribution is 5.71. The van der Waals surface area contributed by atoms with E-state index in [1.54, 1.807) is 0 Å². The molecule has 1 unspecified atom stereocenters. The first-order valence-corrected chi connectivity index (χ1v) is 28.8. The quantitative estimate of drug-likeness (QED) is 0.0262. The lowest BCUT2D eigenvalue weighted by atomic mass is 10.1. The van der Waals surface area contributed by atoms with Crippen LogP contribution in [0.2, 0.25) is 0 Å². The predicted octanol–water partition coefficient (Wildman–Crippen LogP) is 19.2. The van der Waals surface area contributed by atoms with Gasteiger partial charge in [0.05, 0.1) is 0 Å². The second kappa shape index (κ2) is 55.7. The van der Waals surface area contributed by atoms with Gasteiger partial charge in [0.15, 0.2) is 6.10 Å². The second-order valence-corrected chi connectivity index (χ2v) is 19.2. The number of ether oxygens (including phenoxy) is 3. The minimum Gasteiger partial charge on any atom is -0.462 e. The Kier molecular flexibility index (Phi) is 53.3. The highest BCUT2D eigenvalue weighted by Gasteiger charge is 2.19. The Morgan fingerprint density at radius 3 is 0.955 bits per heavy atom. The van der Waals surface area contributed by atoms with Crippen LogP contribution in [0.4, 0.5) is 0 Å². The SMILES string of the molecule is CCCCC/C=C/C/C=C/CCCCCCCCCC(=O)OC(COC(=O)CC/C=C/C/C=C/CCCCCCCC)COC(=O)CCCCCCCCC/C=C/CCCCCCCCCC. The van der Waals surface area contributed by atoms with Crippen molar-refractivity contribution in [2.24, 2.45) is 0 Å². The van der Waals surface area contributed by atoms with Crippen LogP contribution in [0.15, 0.2) is 60.8 Å². The van der Waals surface area contributed by atoms with Crippen molar-refractivity contribution in [1.29, 1.82) is 0 Å². The summed E-state index contributed by atoms with van der Waals surface area (Å²) in [6, 6.07) is 0. The van der Waals surface area contributed by atoms with Gasteiger partial charge in [-0.3, -0.25) is 14.4 Å². The second-order valence-electron chi connectivity index (χ2n) is 19.2. The highest BCUT2D eigenvalue weighted by Crippen LogP contribution is 2.15. The first kappa shape index (κ1) is 64.1. The van der Waals surface area contributed by atoms with Crippen molar-refractivity contribution in [2.45, 2.75) is 297 Å². The van der Waals surface area contributed by atoms with Gasteiger partial charge in [0.1, 0.15) is 13.2 Å². The van der Waals surface area contributed by atoms with Crippen LogP contribution in [-0.4, -0.2) is 37.2 Å². The van der Waals surface area contributed by atoms with Crippen LogP contribution in [0.5, 0.6) is 0 Å². The summed E-state index contributed by atoms with van der Waals surface area (Å²) in [5, 5.41) is 0. The van der Waals surface area contributed by atoms with Crippen LogP contribution in [0.1, 0.15) is 290 Å². The van der Waals surface area contributed by atoms with Crippen molar-refractivity contribution >= 4 is 17.9 Å². The lowest BCUT2D eigenvalue weighted by Gasteiger charge is -2.18. The van der Waals surface area contributed by atoms with E-state index < -0.39 is 6.10 Å². The molecule has 6 nitrogen and oxygen atoms in total. The number of allylic oxidation sites excluding steroid dienone is 10. The molecule has 0 aliphatic carbocycles. The largest absolute Gasteiger partial charge is 0.462 e. The van der Waals surface area contributed by atoms with Crippen LogP contribution < -0.4 is 0 Å². The number of rotatable bonds is 52. The fourth-order valence-corrected chi connectivity index (χ4v) is 8.11. The van der Waals surface area contributed by atoms with Crippen molar-refractivity contribution in [3.63, 3.8) is 0 Å². The molecule has 0 spiro atoms. The number of carbonyl (C=O) groups excluding carboxylic acids is 3. The number of carbonyl (C=O) groups is 3. The fourth-order valence-electron chi connectivity index (χ4n) is 8.11. The number of hydrogen-bond acceptors (Lipinski definition) is 6. The van der Waals surface area contributed by atoms with Gasteiger partial charge in [0, 0.05) is 19.3 Å². The van der Waals surface area contributed by atoms with Crippen molar-refractivity contribution in [3.8, 4) is 0 Å². The summed E-state index contributed by atoms with van der Waals surface area (Å²) in [5.41, 5.74) is 0. The number of unbranched alkanes of at least 4 members (excludes halogenated alkanes) is 31. The van der Waals surface area contributed by atoms with Gasteiger partial charge in [-0.15, -0.1) is 0 Å². The molecule has 67 heavy (non-hydrogen) atoms. The van der Waals surface area contributed by atoms with E-state index >= 15 is 0 Å². The molecule has 388 valence electrons. The van der Waals surface area contributed by atoms with Crippen molar-refractivity contribution in [2.75, 3.05) is 13.2 Å². The van der Waals surface area contributed by atoms with Gasteiger partial charge in [0.2, 0.25) is 0 Å². The van der Waals surface area contributed by atoms with E-state index in [2.05, 4.69) is 75.5 Å². The predicted molar refractivity (Wildman–Crippen MR) is 288 cm³/mol. The van der Waals surface area contributed by atoms with E-state index in [-0.39, 0.29) is 37.5 Å². The molecule has 0 radical (unpaired) electrons. The minimum absolute atomic E-state index is 0.0959. The molecule has 1 atom stereocenters. The molecule has 0 bridgehead atoms. The van der Waals surface area contributed by atoms with E-state index in [9.17, 15) is 14.4 Å². The molecule has 0 aliphatic heterocycles. The lowest BCUT2D eigenvalue weighted by molar-refractivity contribution is -0.166. The van der Waals surface area contributed by atoms with Gasteiger partial charge in [-0.05, 0) is 96.3 Å². The average Bonchev–Trinajstić information content (AvgIpc) is 3.33. The summed E-state index contributed by atoms with van der Waals surface area (Å²) < 4.78 is 16.8. The maximum atomic E-state index is 12.8. The molecule has 0 saturated carbocycles. The Balaban J connectivity index is 4.41. The Morgan fingerprint density at radius 1 is 0.299 bits per heavy atom. The van der Waals surface area contributed by atoms with E-state index in [1.165, 1.54) is 180 Å². The summed E-state index contributed by atoms with van der Waals surface area (Å²) in [4.78, 5) is 38.1. The Bertz CT molecular complexity index is 1210. The van der Waals surface area contributed by atoms with E-state index in [0.717, 1.165) is 64.2 Å². The van der Waals surface area contributed by atoms with Gasteiger partial charge >= 0.3 is 17.9 Å². The summed E-state index contributed by atoms with van der Waals surface area (Å²) in [5.74, 6) is -0.969. The smallest absolute Gasteiger partial charge is 0.306 e. The van der Waals surface area contributed by atoms with Crippen LogP contribution in [-0.2, 0) is 28.6 Å². The zero-order valence-corrected chi connectivity index (χ0v) is 44.4. The Morgan fingerprint density at radius 2 is 0.567 bits per heavy atom. The molecule has 0 rings (SSSR count). The standard InChI is InChI=1S/C61H108O6/c1-4-7-10-13-16-19-22-25-27-29-30-32-33-36-39-42-45-48-51-54-60(63)66-57-58(56-65-59(62)53-50-47-44-41-38-35-24-21-18-15-12-9-6-3)67-61(64)55-52-49-46-43-40-37-34-31-28-26-23-20-17-14-11-8-5-2/h17,20,26,28-30,35,38,44,47,58H,4-16,18-19,21-25,27,31-34,36-37,39-43,45-46,48-57H2,1-3H3/b20-17+,28-26+,30-29+,38-35+,47-44+. The molecule has 0 fully saturated rings. The molecule has 0 aromatic rings. The van der Waals surface area contributed by atoms with Crippen molar-refractivity contribution < 1.29 is 28.6 Å². The third-order valence-electron chi connectivity index (χ3n) is 12.5. The summed E-state index contributed by atoms with van der Waals surface area (Å²) >= 11 is 0. The third-order valence-corrected chi connectivity index (χ3v) is 12.5. The molecule has 0 N–H and O–H groups in total. The Labute approximate surface area is 415 Å². The molecular formula is C61H108O6. The molecule has 0 aliphatic rings. The van der Waals surface area contributed by atoms with Gasteiger partial charge in [-0.25, -0.2) is 0 Å². The lowest BCUT2D eigenvalue weighted by Crippen LogP contribution is -2.30. The van der Waals surface area contributed by atoms with Gasteiger partial charge in [0.25, 0.3) is 0 Å². The maximum absolute atomic E-state index is 12.8. The molecule has 6 heteroatoms. The van der Waals surface area contributed by atoms with Crippen molar-refractivity contribution in [1.82, 2.24) is 0 Å². The molecule has 0 amide bonds. The monoisotopic (exact) mass is 937 g/mol. The fraction of sp³-hybridized carbons (Fsp3) is 0.787. The number of esters is 3. The maximum Gasteiger partial charge on any atom is 0.306 e. The average molecular weight is 938 g/mol. The van der Waals surface area contributed by atoms with E-state index in [4.69, 9.17) is 14.2 Å². The molecule has 0 heterocycles. The zero-order chi connectivity index (χ0) is 48.6. The molecule has 0 aromatic carbocycles. The van der Waals surface area contributed by atoms with Crippen LogP contribution in [0.25, 0.3) is 0 Å². The topological polar surface area (TPSA) is 78.9 Å². The normalized spacial score (nSPS) is 12.5. The van der Waals surface area contributed by atoms with Crippen LogP contribution >= 0.6 is 0 Å². The van der Waals surface area contributed by atoms with Gasteiger partial charge < -0.3 is 14.2 Å². The van der Waals surface area contributed by atoms with Crippen LogP contribution in [0.3, 0.4) is 0 Å². The van der Waals surface area contributed by atoms with E-state index in [0.29, 0.717) is 19.3 Å². The number of hydrogen-bond donors (Lipinski definition) is 0. The highest BCUT2D eigenvalue weighted by atomic mass is 16.6. The first-order valence-electron chi connectivity index (χ1n) is 28.8. The summed E-state index contributed by atoms with van der Waals surface area (Å²) in [6.45, 7) is 6.57. The van der Waals surface area contributed by atoms with E-state index in [1.807, 2.05) is 6.08 Å². The van der Waals surface area contributed by atoms with Crippen LogP contribution in [0, 0.1) is 0 Å².